The molecule has 0 aliphatic carbocycles. The van der Waals surface area contributed by atoms with Crippen molar-refractivity contribution in [3.8, 4) is 5.75 Å². The normalized spacial score (nSPS) is 15.4. The molecule has 0 amide bonds. The summed E-state index contributed by atoms with van der Waals surface area (Å²) in [4.78, 5) is 25.1. The summed E-state index contributed by atoms with van der Waals surface area (Å²) < 4.78 is 69.5. The van der Waals surface area contributed by atoms with Crippen LogP contribution < -0.4 is 15.8 Å². The van der Waals surface area contributed by atoms with Crippen molar-refractivity contribution in [2.45, 2.75) is 90.2 Å². The predicted octanol–water partition coefficient (Wildman–Crippen LogP) is 7.21. The molecule has 0 aromatic heterocycles. The van der Waals surface area contributed by atoms with Gasteiger partial charge in [-0.05, 0) is 79.5 Å². The number of anilines is 1. The predicted molar refractivity (Wildman–Crippen MR) is 168 cm³/mol. The van der Waals surface area contributed by atoms with Crippen LogP contribution in [-0.2, 0) is 21.6 Å². The van der Waals surface area contributed by atoms with Crippen molar-refractivity contribution in [3.05, 3.63) is 59.7 Å². The highest BCUT2D eigenvalue weighted by Crippen LogP contribution is 2.24. The number of piperidine rings is 1. The van der Waals surface area contributed by atoms with Gasteiger partial charge < -0.3 is 30.9 Å². The summed E-state index contributed by atoms with van der Waals surface area (Å²) in [5.41, 5.74) is 9.41. The second kappa shape index (κ2) is 19.0. The Hall–Kier alpha value is -4.01. The van der Waals surface area contributed by atoms with Crippen molar-refractivity contribution in [2.24, 2.45) is 10.7 Å². The fourth-order valence-corrected chi connectivity index (χ4v) is 4.21. The number of carbonyl (C=O) groups is 2. The second-order valence-electron chi connectivity index (χ2n) is 11.6. The largest absolute Gasteiger partial charge is 0.490 e. The molecular weight excluding hydrogens is 634 g/mol. The zero-order chi connectivity index (χ0) is 35.8. The van der Waals surface area contributed by atoms with Gasteiger partial charge in [-0.25, -0.2) is 9.59 Å². The SMILES string of the molecule is CCC1CCCCN1C(=NCCCN)Nc1ccc(OCc2ccc(C(C)(C)C)cc2)cc1.O=C(O)C(F)(F)F.O=C(O)C(F)(F)F. The fraction of sp³-hybridized carbons (Fsp3) is 0.531. The van der Waals surface area contributed by atoms with Gasteiger partial charge in [-0.3, -0.25) is 4.99 Å². The van der Waals surface area contributed by atoms with Gasteiger partial charge in [0, 0.05) is 24.8 Å². The van der Waals surface area contributed by atoms with E-state index >= 15 is 0 Å². The van der Waals surface area contributed by atoms with E-state index in [0.717, 1.165) is 43.3 Å². The van der Waals surface area contributed by atoms with Crippen molar-refractivity contribution in [3.63, 3.8) is 0 Å². The molecule has 1 unspecified atom stereocenters. The van der Waals surface area contributed by atoms with Crippen LogP contribution in [0, 0.1) is 0 Å². The highest BCUT2D eigenvalue weighted by molar-refractivity contribution is 5.94. The number of aliphatic imine (C=N–C) groups is 1. The highest BCUT2D eigenvalue weighted by Gasteiger charge is 2.38. The molecular formula is C32H44F6N4O5. The van der Waals surface area contributed by atoms with Gasteiger partial charge in [0.1, 0.15) is 12.4 Å². The molecule has 264 valence electrons. The molecule has 15 heteroatoms. The van der Waals surface area contributed by atoms with Crippen LogP contribution >= 0.6 is 0 Å². The van der Waals surface area contributed by atoms with Crippen molar-refractivity contribution < 1.29 is 50.9 Å². The number of nitrogens with one attached hydrogen (secondary N) is 1. The van der Waals surface area contributed by atoms with E-state index in [1.165, 1.54) is 30.4 Å². The number of guanidine groups is 1. The Morgan fingerprint density at radius 3 is 1.91 bits per heavy atom. The highest BCUT2D eigenvalue weighted by atomic mass is 19.4. The van der Waals surface area contributed by atoms with Crippen molar-refractivity contribution in [2.75, 3.05) is 25.0 Å². The molecule has 1 aliphatic rings. The molecule has 1 heterocycles. The number of halogens is 6. The quantitative estimate of drug-likeness (QED) is 0.0995. The van der Waals surface area contributed by atoms with E-state index in [1.54, 1.807) is 0 Å². The van der Waals surface area contributed by atoms with Crippen LogP contribution in [0.4, 0.5) is 32.0 Å². The third-order valence-corrected chi connectivity index (χ3v) is 6.82. The van der Waals surface area contributed by atoms with Crippen molar-refractivity contribution in [1.82, 2.24) is 4.90 Å². The minimum atomic E-state index is -5.08. The molecule has 3 rings (SSSR count). The zero-order valence-corrected chi connectivity index (χ0v) is 26.9. The lowest BCUT2D eigenvalue weighted by Crippen LogP contribution is -2.46. The summed E-state index contributed by atoms with van der Waals surface area (Å²) in [7, 11) is 0. The van der Waals surface area contributed by atoms with Crippen molar-refractivity contribution in [1.29, 1.82) is 0 Å². The number of alkyl halides is 6. The van der Waals surface area contributed by atoms with E-state index in [1.807, 2.05) is 12.1 Å². The van der Waals surface area contributed by atoms with Crippen LogP contribution in [0.3, 0.4) is 0 Å². The lowest BCUT2D eigenvalue weighted by Gasteiger charge is -2.37. The molecule has 2 aromatic carbocycles. The topological polar surface area (TPSA) is 137 Å². The number of nitrogens with zero attached hydrogens (tertiary/aromatic N) is 2. The number of carboxylic acids is 2. The Labute approximate surface area is 270 Å². The number of hydrogen-bond acceptors (Lipinski definition) is 5. The van der Waals surface area contributed by atoms with E-state index in [-0.39, 0.29) is 5.41 Å². The van der Waals surface area contributed by atoms with Gasteiger partial charge in [0.25, 0.3) is 0 Å². The smallest absolute Gasteiger partial charge is 0.489 e. The summed E-state index contributed by atoms with van der Waals surface area (Å²) >= 11 is 0. The molecule has 1 fully saturated rings. The molecule has 9 nitrogen and oxygen atoms in total. The summed E-state index contributed by atoms with van der Waals surface area (Å²) in [5, 5.41) is 17.8. The Kier molecular flexibility index (Phi) is 16.6. The van der Waals surface area contributed by atoms with E-state index in [4.69, 9.17) is 35.3 Å². The monoisotopic (exact) mass is 678 g/mol. The number of nitrogens with two attached hydrogens (primary N) is 1. The van der Waals surface area contributed by atoms with Crippen LogP contribution in [0.25, 0.3) is 0 Å². The first-order valence-corrected chi connectivity index (χ1v) is 15.0. The Morgan fingerprint density at radius 2 is 1.47 bits per heavy atom. The van der Waals surface area contributed by atoms with Gasteiger partial charge in [-0.15, -0.1) is 0 Å². The van der Waals surface area contributed by atoms with E-state index in [9.17, 15) is 26.3 Å². The maximum absolute atomic E-state index is 10.6. The first-order valence-electron chi connectivity index (χ1n) is 15.0. The fourth-order valence-electron chi connectivity index (χ4n) is 4.21. The van der Waals surface area contributed by atoms with Crippen LogP contribution in [0.5, 0.6) is 5.75 Å². The molecule has 0 spiro atoms. The lowest BCUT2D eigenvalue weighted by atomic mass is 9.87. The molecule has 47 heavy (non-hydrogen) atoms. The summed E-state index contributed by atoms with van der Waals surface area (Å²) in [6, 6.07) is 17.4. The van der Waals surface area contributed by atoms with E-state index in [2.05, 4.69) is 74.3 Å². The number of aliphatic carboxylic acids is 2. The van der Waals surface area contributed by atoms with Crippen LogP contribution in [0.2, 0.25) is 0 Å². The summed E-state index contributed by atoms with van der Waals surface area (Å²) in [6.07, 6.45) is -4.37. The van der Waals surface area contributed by atoms with Crippen LogP contribution in [0.1, 0.15) is 70.9 Å². The van der Waals surface area contributed by atoms with Gasteiger partial charge in [0.05, 0.1) is 0 Å². The third kappa shape index (κ3) is 15.9. The molecule has 1 saturated heterocycles. The van der Waals surface area contributed by atoms with Gasteiger partial charge in [0.15, 0.2) is 5.96 Å². The van der Waals surface area contributed by atoms with E-state index in [0.29, 0.717) is 19.2 Å². The van der Waals surface area contributed by atoms with Gasteiger partial charge >= 0.3 is 24.3 Å². The molecule has 0 radical (unpaired) electrons. The Morgan fingerprint density at radius 1 is 0.936 bits per heavy atom. The molecule has 5 N–H and O–H groups in total. The zero-order valence-electron chi connectivity index (χ0n) is 26.9. The molecule has 0 saturated carbocycles. The van der Waals surface area contributed by atoms with Gasteiger partial charge in [0.2, 0.25) is 0 Å². The Bertz CT molecular complexity index is 1240. The Balaban J connectivity index is 0.000000658. The number of hydrogen-bond donors (Lipinski definition) is 4. The summed E-state index contributed by atoms with van der Waals surface area (Å²) in [5.74, 6) is -3.67. The minimum Gasteiger partial charge on any atom is -0.489 e. The van der Waals surface area contributed by atoms with Crippen LogP contribution in [-0.4, -0.2) is 71.0 Å². The van der Waals surface area contributed by atoms with E-state index < -0.39 is 24.3 Å². The number of ether oxygens (including phenoxy) is 1. The van der Waals surface area contributed by atoms with Crippen molar-refractivity contribution >= 4 is 23.6 Å². The van der Waals surface area contributed by atoms with Crippen LogP contribution in [0.15, 0.2) is 53.5 Å². The molecule has 2 aromatic rings. The maximum Gasteiger partial charge on any atom is 0.490 e. The number of benzene rings is 2. The molecule has 1 aliphatic heterocycles. The number of rotatable bonds is 8. The molecule has 1 atom stereocenters. The maximum atomic E-state index is 10.6. The minimum absolute atomic E-state index is 0.167. The van der Waals surface area contributed by atoms with Gasteiger partial charge in [-0.1, -0.05) is 52.0 Å². The number of likely N-dealkylation sites (tertiary alicyclic amines) is 1. The van der Waals surface area contributed by atoms with Gasteiger partial charge in [-0.2, -0.15) is 26.3 Å². The number of carboxylic acid groups (broad SMARTS) is 2. The summed E-state index contributed by atoms with van der Waals surface area (Å²) in [6.45, 7) is 12.0. The standard InChI is InChI=1S/C28H42N4O.2C2HF3O2/c1-5-25-9-6-7-20-32(25)27(30-19-8-18-29)31-24-14-16-26(17-15-24)33-21-22-10-12-23(13-11-22)28(2,3)4;2*3-2(4,5)1(6)7/h10-17,25H,5-9,18-21,29H2,1-4H3,(H,30,31);2*(H,6,7). The second-order valence-corrected chi connectivity index (χ2v) is 11.6. The first kappa shape index (κ1) is 41.0. The average molecular weight is 679 g/mol. The first-order chi connectivity index (χ1) is 21.8. The lowest BCUT2D eigenvalue weighted by molar-refractivity contribution is -0.193. The average Bonchev–Trinajstić information content (AvgIpc) is 2.99. The molecule has 0 bridgehead atoms. The third-order valence-electron chi connectivity index (χ3n) is 6.82.